The van der Waals surface area contributed by atoms with Crippen molar-refractivity contribution in [1.29, 1.82) is 0 Å². The predicted octanol–water partition coefficient (Wildman–Crippen LogP) is 12.8. The summed E-state index contributed by atoms with van der Waals surface area (Å²) in [4.78, 5) is 51.3. The van der Waals surface area contributed by atoms with Crippen molar-refractivity contribution in [3.63, 3.8) is 0 Å². The van der Waals surface area contributed by atoms with E-state index in [-0.39, 0.29) is 48.5 Å². The molecule has 0 aliphatic heterocycles. The van der Waals surface area contributed by atoms with Crippen molar-refractivity contribution >= 4 is 35.0 Å². The molecule has 0 radical (unpaired) electrons. The second-order valence-electron chi connectivity index (χ2n) is 15.5. The van der Waals surface area contributed by atoms with Crippen molar-refractivity contribution in [2.75, 3.05) is 10.6 Å². The Labute approximate surface area is 357 Å². The summed E-state index contributed by atoms with van der Waals surface area (Å²) in [6.07, 6.45) is -21.9. The molecule has 64 heavy (non-hydrogen) atoms. The van der Waals surface area contributed by atoms with E-state index >= 15 is 26.3 Å². The molecule has 20 heteroatoms. The molecule has 0 aliphatic carbocycles. The van der Waals surface area contributed by atoms with E-state index in [0.717, 1.165) is 12.1 Å². The van der Waals surface area contributed by atoms with E-state index < -0.39 is 126 Å². The molecule has 1 amide bonds. The number of hydrogen-bond donors (Lipinski definition) is 4. The number of anilines is 2. The third-order valence-corrected chi connectivity index (χ3v) is 11.0. The zero-order valence-electron chi connectivity index (χ0n) is 34.2. The molecule has 0 fully saturated rings. The Bertz CT molecular complexity index is 2490. The first-order valence-electron chi connectivity index (χ1n) is 18.8. The maximum Gasteiger partial charge on any atom is 0.417 e. The molecule has 0 aliphatic rings. The van der Waals surface area contributed by atoms with E-state index in [2.05, 4.69) is 11.9 Å². The van der Waals surface area contributed by atoms with Crippen LogP contribution in [0.3, 0.4) is 0 Å². The fraction of sp³-hybridized carbons (Fsp3) is 0.318. The largest absolute Gasteiger partial charge is 0.478 e. The number of hydrogen-bond acceptors (Lipinski definition) is 5. The number of carbonyl (C=O) groups is 4. The van der Waals surface area contributed by atoms with Crippen LogP contribution >= 0.6 is 0 Å². The summed E-state index contributed by atoms with van der Waals surface area (Å²) in [5, 5.41) is 24.2. The number of carboxylic acids is 2. The van der Waals surface area contributed by atoms with Crippen LogP contribution < -0.4 is 10.6 Å². The van der Waals surface area contributed by atoms with Crippen molar-refractivity contribution in [3.8, 4) is 11.1 Å². The lowest BCUT2D eigenvalue weighted by Crippen LogP contribution is -2.55. The predicted molar refractivity (Wildman–Crippen MR) is 210 cm³/mol. The van der Waals surface area contributed by atoms with Crippen LogP contribution in [0.2, 0.25) is 0 Å². The molecule has 4 aromatic carbocycles. The fourth-order valence-electron chi connectivity index (χ4n) is 6.81. The number of aromatic carboxylic acids is 2. The highest BCUT2D eigenvalue weighted by atomic mass is 19.4. The van der Waals surface area contributed by atoms with Gasteiger partial charge in [0.05, 0.1) is 33.4 Å². The standard InChI is InChI=1S/C44H38F12N2O6/c1-7-38(4,5)34(59)30-18-22(10-14-28(30)36(61)62)40(43(51,52)53,44(54,55)56)23-11-15-29(37(63)64)31(19-23)35(60)57-24-12-16-26(32(20-24)41(45,46)47)27-17-13-25(21-33(27)42(48,49)50)58-39(6,8-2)9-3/h8,10-21,58H,2,7,9H2,1,3-6H3,(H,57,60)(H,61,62)(H,63,64). The van der Waals surface area contributed by atoms with E-state index in [1.54, 1.807) is 19.2 Å². The second kappa shape index (κ2) is 17.3. The molecule has 1 unspecified atom stereocenters. The van der Waals surface area contributed by atoms with Gasteiger partial charge in [0.25, 0.3) is 5.91 Å². The van der Waals surface area contributed by atoms with Crippen LogP contribution in [0.25, 0.3) is 11.1 Å². The van der Waals surface area contributed by atoms with E-state index in [1.807, 2.05) is 0 Å². The summed E-state index contributed by atoms with van der Waals surface area (Å²) in [7, 11) is 0. The quantitative estimate of drug-likeness (QED) is 0.0562. The highest BCUT2D eigenvalue weighted by Gasteiger charge is 2.72. The Morgan fingerprint density at radius 3 is 1.39 bits per heavy atom. The summed E-state index contributed by atoms with van der Waals surface area (Å²) < 4.78 is 179. The van der Waals surface area contributed by atoms with Crippen molar-refractivity contribution in [2.24, 2.45) is 5.41 Å². The summed E-state index contributed by atoms with van der Waals surface area (Å²) >= 11 is 0. The first kappa shape index (κ1) is 50.3. The number of nitrogens with one attached hydrogen (secondary N) is 2. The van der Waals surface area contributed by atoms with Gasteiger partial charge in [0.15, 0.2) is 5.78 Å². The molecule has 0 bridgehead atoms. The molecule has 1 atom stereocenters. The summed E-state index contributed by atoms with van der Waals surface area (Å²) in [5.74, 6) is -7.00. The van der Waals surface area contributed by atoms with Crippen LogP contribution in [0.1, 0.15) is 111 Å². The maximum absolute atomic E-state index is 15.3. The monoisotopic (exact) mass is 918 g/mol. The number of benzene rings is 4. The van der Waals surface area contributed by atoms with Crippen LogP contribution in [0.5, 0.6) is 0 Å². The first-order chi connectivity index (χ1) is 29.2. The third-order valence-electron chi connectivity index (χ3n) is 11.0. The van der Waals surface area contributed by atoms with Gasteiger partial charge in [0.2, 0.25) is 5.41 Å². The van der Waals surface area contributed by atoms with Crippen LogP contribution in [0.4, 0.5) is 64.1 Å². The minimum absolute atomic E-state index is 0.0460. The van der Waals surface area contributed by atoms with E-state index in [0.29, 0.717) is 30.7 Å². The van der Waals surface area contributed by atoms with Crippen molar-refractivity contribution in [1.82, 2.24) is 0 Å². The molecule has 0 spiro atoms. The second-order valence-corrected chi connectivity index (χ2v) is 15.5. The van der Waals surface area contributed by atoms with Gasteiger partial charge in [-0.05, 0) is 90.6 Å². The first-order valence-corrected chi connectivity index (χ1v) is 18.8. The maximum atomic E-state index is 15.3. The molecular weight excluding hydrogens is 880 g/mol. The molecule has 4 aromatic rings. The lowest BCUT2D eigenvalue weighted by Gasteiger charge is -2.39. The molecule has 0 saturated heterocycles. The number of Topliss-reactive ketones (excluding diaryl/α,β-unsaturated/α-hetero) is 1. The van der Waals surface area contributed by atoms with Gasteiger partial charge in [-0.15, -0.1) is 6.58 Å². The molecule has 344 valence electrons. The Morgan fingerprint density at radius 1 is 0.578 bits per heavy atom. The number of halogens is 12. The van der Waals surface area contributed by atoms with Gasteiger partial charge in [-0.25, -0.2) is 9.59 Å². The Kier molecular flexibility index (Phi) is 13.6. The Balaban J connectivity index is 1.96. The minimum atomic E-state index is -6.45. The molecule has 4 rings (SSSR count). The molecule has 4 N–H and O–H groups in total. The smallest absolute Gasteiger partial charge is 0.417 e. The number of carboxylic acid groups (broad SMARTS) is 2. The lowest BCUT2D eigenvalue weighted by atomic mass is 9.70. The van der Waals surface area contributed by atoms with Crippen LogP contribution in [-0.4, -0.2) is 51.7 Å². The Hall–Kier alpha value is -6.34. The minimum Gasteiger partial charge on any atom is -0.478 e. The third kappa shape index (κ3) is 9.59. The zero-order chi connectivity index (χ0) is 48.8. The summed E-state index contributed by atoms with van der Waals surface area (Å²) in [6, 6.07) is 4.40. The van der Waals surface area contributed by atoms with Crippen molar-refractivity contribution in [3.05, 3.63) is 130 Å². The van der Waals surface area contributed by atoms with Crippen LogP contribution in [0, 0.1) is 5.41 Å². The molecule has 0 saturated carbocycles. The van der Waals surface area contributed by atoms with Crippen LogP contribution in [0.15, 0.2) is 85.5 Å². The van der Waals surface area contributed by atoms with Gasteiger partial charge in [-0.1, -0.05) is 58.0 Å². The zero-order valence-corrected chi connectivity index (χ0v) is 34.2. The number of ketones is 1. The fourth-order valence-corrected chi connectivity index (χ4v) is 6.81. The van der Waals surface area contributed by atoms with Crippen LogP contribution in [-0.2, 0) is 17.8 Å². The molecule has 0 aromatic heterocycles. The lowest BCUT2D eigenvalue weighted by molar-refractivity contribution is -0.288. The summed E-state index contributed by atoms with van der Waals surface area (Å²) in [6.45, 7) is 10.9. The van der Waals surface area contributed by atoms with Gasteiger partial charge in [0, 0.05) is 22.4 Å². The Morgan fingerprint density at radius 2 is 1.00 bits per heavy atom. The van der Waals surface area contributed by atoms with Crippen molar-refractivity contribution in [2.45, 2.75) is 83.1 Å². The van der Waals surface area contributed by atoms with Gasteiger partial charge < -0.3 is 20.8 Å². The van der Waals surface area contributed by atoms with Gasteiger partial charge in [-0.3, -0.25) is 9.59 Å². The van der Waals surface area contributed by atoms with Gasteiger partial charge in [-0.2, -0.15) is 52.7 Å². The summed E-state index contributed by atoms with van der Waals surface area (Å²) in [5.41, 5.74) is -22.4. The number of carbonyl (C=O) groups excluding carboxylic acids is 2. The number of rotatable bonds is 14. The van der Waals surface area contributed by atoms with Gasteiger partial charge >= 0.3 is 36.6 Å². The molecular formula is C44H38F12N2O6. The van der Waals surface area contributed by atoms with Gasteiger partial charge in [0.1, 0.15) is 0 Å². The van der Waals surface area contributed by atoms with Crippen molar-refractivity contribution < 1.29 is 82.1 Å². The highest BCUT2D eigenvalue weighted by Crippen LogP contribution is 2.57. The normalized spacial score (nSPS) is 13.8. The average molecular weight is 919 g/mol. The SMILES string of the molecule is C=CC(C)(CC)Nc1ccc(-c2ccc(NC(=O)c3cc(C(c4ccc(C(=O)O)c(C(=O)C(C)(C)CC)c4)(C(F)(F)F)C(F)(F)F)ccc3C(=O)O)cc2C(F)(F)F)c(C(F)(F)F)c1. The van der Waals surface area contributed by atoms with E-state index in [1.165, 1.54) is 26.8 Å². The topological polar surface area (TPSA) is 133 Å². The molecule has 0 heterocycles. The van der Waals surface area contributed by atoms with E-state index in [9.17, 15) is 55.7 Å². The highest BCUT2D eigenvalue weighted by molar-refractivity contribution is 6.11. The number of alkyl halides is 12. The average Bonchev–Trinajstić information content (AvgIpc) is 3.18. The number of amides is 1. The molecule has 8 nitrogen and oxygen atoms in total. The van der Waals surface area contributed by atoms with E-state index in [4.69, 9.17) is 0 Å².